The zero-order valence-electron chi connectivity index (χ0n) is 11.6. The zero-order valence-corrected chi connectivity index (χ0v) is 11.6. The molecular weight excluding hydrogens is 222 g/mol. The maximum atomic E-state index is 5.86. The highest BCUT2D eigenvalue weighted by Gasteiger charge is 2.14. The quantitative estimate of drug-likeness (QED) is 0.785. The zero-order chi connectivity index (χ0) is 12.8. The number of rotatable bonds is 4. The summed E-state index contributed by atoms with van der Waals surface area (Å²) in [5, 5.41) is 3.67. The Labute approximate surface area is 111 Å². The lowest BCUT2D eigenvalue weighted by molar-refractivity contribution is 0.243. The van der Waals surface area contributed by atoms with Gasteiger partial charge in [-0.25, -0.2) is 0 Å². The number of anilines is 1. The number of benzene rings is 1. The van der Waals surface area contributed by atoms with Crippen LogP contribution in [0.3, 0.4) is 0 Å². The van der Waals surface area contributed by atoms with Gasteiger partial charge in [0.2, 0.25) is 0 Å². The number of nitrogens with one attached hydrogen (secondary N) is 1. The fourth-order valence-corrected chi connectivity index (χ4v) is 2.59. The van der Waals surface area contributed by atoms with Gasteiger partial charge in [0.25, 0.3) is 0 Å². The first kappa shape index (κ1) is 13.3. The Bertz CT molecular complexity index is 354. The van der Waals surface area contributed by atoms with Crippen LogP contribution in [0.4, 0.5) is 5.69 Å². The molecule has 0 bridgehead atoms. The van der Waals surface area contributed by atoms with Gasteiger partial charge in [0.1, 0.15) is 5.75 Å². The van der Waals surface area contributed by atoms with E-state index in [9.17, 15) is 0 Å². The van der Waals surface area contributed by atoms with Gasteiger partial charge in [-0.1, -0.05) is 37.8 Å². The van der Waals surface area contributed by atoms with E-state index in [0.717, 1.165) is 11.4 Å². The molecule has 1 N–H and O–H groups in total. The molecule has 100 valence electrons. The maximum Gasteiger partial charge on any atom is 0.142 e. The van der Waals surface area contributed by atoms with Crippen LogP contribution in [0.5, 0.6) is 5.75 Å². The van der Waals surface area contributed by atoms with Crippen LogP contribution < -0.4 is 10.1 Å². The lowest BCUT2D eigenvalue weighted by atomic mass is 10.1. The molecule has 0 aliphatic heterocycles. The van der Waals surface area contributed by atoms with E-state index in [4.69, 9.17) is 4.74 Å². The van der Waals surface area contributed by atoms with E-state index in [2.05, 4.69) is 37.4 Å². The van der Waals surface area contributed by atoms with Crippen molar-refractivity contribution in [1.82, 2.24) is 0 Å². The van der Waals surface area contributed by atoms with Crippen molar-refractivity contribution >= 4 is 5.69 Å². The van der Waals surface area contributed by atoms with Crippen LogP contribution in [-0.4, -0.2) is 12.1 Å². The molecule has 0 spiro atoms. The molecule has 1 aliphatic carbocycles. The third-order valence-electron chi connectivity index (χ3n) is 3.46. The molecule has 0 atom stereocenters. The van der Waals surface area contributed by atoms with E-state index in [1.54, 1.807) is 0 Å². The molecule has 1 aromatic carbocycles. The first-order chi connectivity index (χ1) is 8.75. The topological polar surface area (TPSA) is 21.3 Å². The van der Waals surface area contributed by atoms with Crippen LogP contribution in [-0.2, 0) is 0 Å². The fourth-order valence-electron chi connectivity index (χ4n) is 2.59. The molecule has 0 saturated heterocycles. The fraction of sp³-hybridized carbons (Fsp3) is 0.625. The Morgan fingerprint density at radius 1 is 1.06 bits per heavy atom. The number of hydrogen-bond donors (Lipinski definition) is 1. The standard InChI is InChI=1S/C16H25NO/c1-13(2)18-16-12-8-7-11-15(16)17-14-9-5-3-4-6-10-14/h7-8,11-14,17H,3-6,9-10H2,1-2H3. The van der Waals surface area contributed by atoms with Crippen molar-refractivity contribution in [3.63, 3.8) is 0 Å². The molecule has 2 rings (SSSR count). The number of ether oxygens (including phenoxy) is 1. The molecule has 0 heterocycles. The average molecular weight is 247 g/mol. The molecule has 1 fully saturated rings. The van der Waals surface area contributed by atoms with Crippen molar-refractivity contribution in [2.45, 2.75) is 64.5 Å². The normalized spacial score (nSPS) is 17.5. The van der Waals surface area contributed by atoms with Crippen LogP contribution >= 0.6 is 0 Å². The summed E-state index contributed by atoms with van der Waals surface area (Å²) in [6.45, 7) is 4.14. The monoisotopic (exact) mass is 247 g/mol. The average Bonchev–Trinajstić information content (AvgIpc) is 2.60. The SMILES string of the molecule is CC(C)Oc1ccccc1NC1CCCCCC1. The summed E-state index contributed by atoms with van der Waals surface area (Å²) >= 11 is 0. The summed E-state index contributed by atoms with van der Waals surface area (Å²) in [7, 11) is 0. The lowest BCUT2D eigenvalue weighted by Gasteiger charge is -2.21. The van der Waals surface area contributed by atoms with E-state index in [-0.39, 0.29) is 6.10 Å². The molecule has 0 radical (unpaired) electrons. The van der Waals surface area contributed by atoms with Crippen molar-refractivity contribution in [3.05, 3.63) is 24.3 Å². The van der Waals surface area contributed by atoms with Gasteiger partial charge < -0.3 is 10.1 Å². The summed E-state index contributed by atoms with van der Waals surface area (Å²) in [5.41, 5.74) is 1.15. The van der Waals surface area contributed by atoms with Crippen LogP contribution in [0, 0.1) is 0 Å². The summed E-state index contributed by atoms with van der Waals surface area (Å²) in [5.74, 6) is 0.983. The summed E-state index contributed by atoms with van der Waals surface area (Å²) in [6.07, 6.45) is 8.29. The summed E-state index contributed by atoms with van der Waals surface area (Å²) < 4.78 is 5.86. The number of hydrogen-bond acceptors (Lipinski definition) is 2. The van der Waals surface area contributed by atoms with Crippen molar-refractivity contribution in [3.8, 4) is 5.75 Å². The molecule has 0 unspecified atom stereocenters. The van der Waals surface area contributed by atoms with Gasteiger partial charge in [-0.05, 0) is 38.8 Å². The van der Waals surface area contributed by atoms with Gasteiger partial charge in [-0.2, -0.15) is 0 Å². The van der Waals surface area contributed by atoms with Gasteiger partial charge in [0.15, 0.2) is 0 Å². The van der Waals surface area contributed by atoms with Gasteiger partial charge in [-0.15, -0.1) is 0 Å². The Morgan fingerprint density at radius 2 is 1.72 bits per heavy atom. The molecule has 1 saturated carbocycles. The smallest absolute Gasteiger partial charge is 0.142 e. The van der Waals surface area contributed by atoms with Crippen molar-refractivity contribution in [2.24, 2.45) is 0 Å². The van der Waals surface area contributed by atoms with Gasteiger partial charge >= 0.3 is 0 Å². The van der Waals surface area contributed by atoms with E-state index in [1.165, 1.54) is 38.5 Å². The van der Waals surface area contributed by atoms with Crippen LogP contribution in [0.25, 0.3) is 0 Å². The predicted molar refractivity (Wildman–Crippen MR) is 77.3 cm³/mol. The van der Waals surface area contributed by atoms with Crippen LogP contribution in [0.15, 0.2) is 24.3 Å². The minimum absolute atomic E-state index is 0.224. The highest BCUT2D eigenvalue weighted by atomic mass is 16.5. The molecule has 18 heavy (non-hydrogen) atoms. The number of para-hydroxylation sites is 2. The molecule has 1 aromatic rings. The second-order valence-corrected chi connectivity index (χ2v) is 5.50. The van der Waals surface area contributed by atoms with Gasteiger partial charge in [-0.3, -0.25) is 0 Å². The second kappa shape index (κ2) is 6.67. The molecule has 0 aromatic heterocycles. The van der Waals surface area contributed by atoms with E-state index in [0.29, 0.717) is 6.04 Å². The molecule has 1 aliphatic rings. The molecular formula is C16H25NO. The van der Waals surface area contributed by atoms with Crippen molar-refractivity contribution in [2.75, 3.05) is 5.32 Å². The summed E-state index contributed by atoms with van der Waals surface area (Å²) in [6, 6.07) is 8.91. The third kappa shape index (κ3) is 3.94. The lowest BCUT2D eigenvalue weighted by Crippen LogP contribution is -2.19. The molecule has 0 amide bonds. The Kier molecular flexibility index (Phi) is 4.91. The largest absolute Gasteiger partial charge is 0.489 e. The van der Waals surface area contributed by atoms with Crippen molar-refractivity contribution < 1.29 is 4.74 Å². The van der Waals surface area contributed by atoms with E-state index >= 15 is 0 Å². The highest BCUT2D eigenvalue weighted by molar-refractivity contribution is 5.56. The van der Waals surface area contributed by atoms with Gasteiger partial charge in [0, 0.05) is 6.04 Å². The molecule has 2 heteroatoms. The molecule has 2 nitrogen and oxygen atoms in total. The van der Waals surface area contributed by atoms with Crippen LogP contribution in [0.2, 0.25) is 0 Å². The van der Waals surface area contributed by atoms with Crippen LogP contribution in [0.1, 0.15) is 52.4 Å². The van der Waals surface area contributed by atoms with Gasteiger partial charge in [0.05, 0.1) is 11.8 Å². The first-order valence-corrected chi connectivity index (χ1v) is 7.28. The van der Waals surface area contributed by atoms with E-state index in [1.807, 2.05) is 6.07 Å². The third-order valence-corrected chi connectivity index (χ3v) is 3.46. The Balaban J connectivity index is 2.02. The Morgan fingerprint density at radius 3 is 2.39 bits per heavy atom. The van der Waals surface area contributed by atoms with E-state index < -0.39 is 0 Å². The minimum Gasteiger partial charge on any atom is -0.489 e. The predicted octanol–water partition coefficient (Wildman–Crippen LogP) is 4.61. The maximum absolute atomic E-state index is 5.86. The van der Waals surface area contributed by atoms with Crippen molar-refractivity contribution in [1.29, 1.82) is 0 Å². The second-order valence-electron chi connectivity index (χ2n) is 5.50. The summed E-state index contributed by atoms with van der Waals surface area (Å²) in [4.78, 5) is 0. The highest BCUT2D eigenvalue weighted by Crippen LogP contribution is 2.28. The Hall–Kier alpha value is -1.18. The first-order valence-electron chi connectivity index (χ1n) is 7.28. The minimum atomic E-state index is 0.224.